The minimum atomic E-state index is 0.0765. The highest BCUT2D eigenvalue weighted by Gasteiger charge is 2.06. The summed E-state index contributed by atoms with van der Waals surface area (Å²) in [5, 5.41) is 11.8. The van der Waals surface area contributed by atoms with Crippen molar-refractivity contribution in [1.82, 2.24) is 5.32 Å². The molecular weight excluding hydrogens is 240 g/mol. The second-order valence-corrected chi connectivity index (χ2v) is 4.21. The molecule has 0 bridgehead atoms. The normalized spacial score (nSPS) is 11.8. The van der Waals surface area contributed by atoms with E-state index in [0.717, 1.165) is 17.9 Å². The quantitative estimate of drug-likeness (QED) is 0.863. The fraction of sp³-hybridized carbons (Fsp3) is 0.267. The Morgan fingerprint density at radius 2 is 2.11 bits per heavy atom. The van der Waals surface area contributed by atoms with Gasteiger partial charge in [-0.25, -0.2) is 0 Å². The van der Waals surface area contributed by atoms with Crippen molar-refractivity contribution >= 4 is 0 Å². The molecule has 0 amide bonds. The number of nitrogens with one attached hydrogen (secondary N) is 1. The van der Waals surface area contributed by atoms with E-state index in [1.54, 1.807) is 6.26 Å². The SMILES string of the molecule is C[C@H](NCc1ccc(OCC#N)cc1)c1ccco1. The van der Waals surface area contributed by atoms with Crippen LogP contribution in [0.4, 0.5) is 0 Å². The van der Waals surface area contributed by atoms with Gasteiger partial charge in [-0.15, -0.1) is 0 Å². The second-order valence-electron chi connectivity index (χ2n) is 4.21. The number of nitrogens with zero attached hydrogens (tertiary/aromatic N) is 1. The highest BCUT2D eigenvalue weighted by molar-refractivity contribution is 5.27. The maximum absolute atomic E-state index is 8.42. The Labute approximate surface area is 112 Å². The lowest BCUT2D eigenvalue weighted by Gasteiger charge is -2.11. The molecule has 98 valence electrons. The molecule has 0 radical (unpaired) electrons. The summed E-state index contributed by atoms with van der Waals surface area (Å²) in [6.45, 7) is 2.89. The summed E-state index contributed by atoms with van der Waals surface area (Å²) in [6.07, 6.45) is 1.68. The zero-order valence-electron chi connectivity index (χ0n) is 10.8. The van der Waals surface area contributed by atoms with Gasteiger partial charge >= 0.3 is 0 Å². The molecule has 0 aliphatic heterocycles. The van der Waals surface area contributed by atoms with Gasteiger partial charge in [0.25, 0.3) is 0 Å². The number of benzene rings is 1. The van der Waals surface area contributed by atoms with Crippen LogP contribution in [-0.2, 0) is 6.54 Å². The molecule has 0 fully saturated rings. The molecule has 4 nitrogen and oxygen atoms in total. The van der Waals surface area contributed by atoms with Crippen molar-refractivity contribution in [2.24, 2.45) is 0 Å². The summed E-state index contributed by atoms with van der Waals surface area (Å²) in [7, 11) is 0. The molecule has 4 heteroatoms. The Hall–Kier alpha value is -2.25. The predicted molar refractivity (Wildman–Crippen MR) is 71.5 cm³/mol. The summed E-state index contributed by atoms with van der Waals surface area (Å²) in [5.74, 6) is 1.64. The van der Waals surface area contributed by atoms with Gasteiger partial charge in [-0.1, -0.05) is 12.1 Å². The summed E-state index contributed by atoms with van der Waals surface area (Å²) in [5.41, 5.74) is 1.16. The van der Waals surface area contributed by atoms with Crippen LogP contribution in [0.2, 0.25) is 0 Å². The van der Waals surface area contributed by atoms with Crippen LogP contribution >= 0.6 is 0 Å². The smallest absolute Gasteiger partial charge is 0.174 e. The van der Waals surface area contributed by atoms with Gasteiger partial charge in [-0.05, 0) is 36.8 Å². The Balaban J connectivity index is 1.85. The van der Waals surface area contributed by atoms with Crippen LogP contribution in [0, 0.1) is 11.3 Å². The fourth-order valence-corrected chi connectivity index (χ4v) is 1.73. The number of furan rings is 1. The lowest BCUT2D eigenvalue weighted by molar-refractivity contribution is 0.368. The van der Waals surface area contributed by atoms with Crippen LogP contribution in [0.1, 0.15) is 24.3 Å². The minimum Gasteiger partial charge on any atom is -0.479 e. The zero-order valence-corrected chi connectivity index (χ0v) is 10.8. The van der Waals surface area contributed by atoms with E-state index in [0.29, 0.717) is 5.75 Å². The Bertz CT molecular complexity index is 526. The Morgan fingerprint density at radius 3 is 2.74 bits per heavy atom. The third kappa shape index (κ3) is 3.87. The van der Waals surface area contributed by atoms with Crippen LogP contribution in [0.15, 0.2) is 47.1 Å². The third-order valence-electron chi connectivity index (χ3n) is 2.81. The van der Waals surface area contributed by atoms with Crippen LogP contribution in [0.5, 0.6) is 5.75 Å². The number of nitriles is 1. The van der Waals surface area contributed by atoms with Crippen LogP contribution in [0.25, 0.3) is 0 Å². The third-order valence-corrected chi connectivity index (χ3v) is 2.81. The van der Waals surface area contributed by atoms with E-state index >= 15 is 0 Å². The van der Waals surface area contributed by atoms with Crippen LogP contribution in [0.3, 0.4) is 0 Å². The van der Waals surface area contributed by atoms with Gasteiger partial charge in [0, 0.05) is 6.54 Å². The molecule has 0 spiro atoms. The number of ether oxygens (including phenoxy) is 1. The molecule has 1 heterocycles. The average Bonchev–Trinajstić information content (AvgIpc) is 2.98. The minimum absolute atomic E-state index is 0.0765. The molecule has 1 N–H and O–H groups in total. The average molecular weight is 256 g/mol. The fourth-order valence-electron chi connectivity index (χ4n) is 1.73. The predicted octanol–water partition coefficient (Wildman–Crippen LogP) is 3.03. The number of rotatable bonds is 6. The van der Waals surface area contributed by atoms with E-state index < -0.39 is 0 Å². The highest BCUT2D eigenvalue weighted by Crippen LogP contribution is 2.15. The van der Waals surface area contributed by atoms with Crippen molar-refractivity contribution in [1.29, 1.82) is 5.26 Å². The molecule has 1 aromatic carbocycles. The first-order valence-electron chi connectivity index (χ1n) is 6.15. The van der Waals surface area contributed by atoms with E-state index in [-0.39, 0.29) is 12.6 Å². The Morgan fingerprint density at radius 1 is 1.32 bits per heavy atom. The van der Waals surface area contributed by atoms with Gasteiger partial charge in [0.05, 0.1) is 12.3 Å². The molecule has 0 saturated heterocycles. The lowest BCUT2D eigenvalue weighted by atomic mass is 10.2. The van der Waals surface area contributed by atoms with E-state index in [4.69, 9.17) is 14.4 Å². The Kier molecular flexibility index (Phi) is 4.60. The highest BCUT2D eigenvalue weighted by atomic mass is 16.5. The maximum Gasteiger partial charge on any atom is 0.174 e. The van der Waals surface area contributed by atoms with Crippen molar-refractivity contribution in [3.63, 3.8) is 0 Å². The van der Waals surface area contributed by atoms with Crippen molar-refractivity contribution in [3.8, 4) is 11.8 Å². The molecule has 2 rings (SSSR count). The summed E-state index contributed by atoms with van der Waals surface area (Å²) < 4.78 is 10.5. The summed E-state index contributed by atoms with van der Waals surface area (Å²) in [4.78, 5) is 0. The van der Waals surface area contributed by atoms with Crippen LogP contribution < -0.4 is 10.1 Å². The second kappa shape index (κ2) is 6.62. The topological polar surface area (TPSA) is 58.2 Å². The first kappa shape index (κ1) is 13.2. The largest absolute Gasteiger partial charge is 0.479 e. The van der Waals surface area contributed by atoms with Gasteiger partial charge in [0.1, 0.15) is 17.6 Å². The first-order valence-corrected chi connectivity index (χ1v) is 6.15. The van der Waals surface area contributed by atoms with Crippen molar-refractivity contribution < 1.29 is 9.15 Å². The molecule has 19 heavy (non-hydrogen) atoms. The van der Waals surface area contributed by atoms with Crippen molar-refractivity contribution in [2.75, 3.05) is 6.61 Å². The van der Waals surface area contributed by atoms with Gasteiger partial charge in [-0.2, -0.15) is 5.26 Å². The van der Waals surface area contributed by atoms with Gasteiger partial charge in [0.2, 0.25) is 0 Å². The molecule has 0 aliphatic carbocycles. The molecule has 0 unspecified atom stereocenters. The standard InChI is InChI=1S/C15H16N2O2/c1-12(15-3-2-9-19-15)17-11-13-4-6-14(7-5-13)18-10-8-16/h2-7,9,12,17H,10-11H2,1H3/t12-/m0/s1. The van der Waals surface area contributed by atoms with Gasteiger partial charge in [0.15, 0.2) is 6.61 Å². The molecular formula is C15H16N2O2. The van der Waals surface area contributed by atoms with E-state index in [1.807, 2.05) is 42.5 Å². The van der Waals surface area contributed by atoms with E-state index in [1.165, 1.54) is 0 Å². The number of hydrogen-bond donors (Lipinski definition) is 1. The molecule has 1 aromatic heterocycles. The van der Waals surface area contributed by atoms with E-state index in [9.17, 15) is 0 Å². The zero-order chi connectivity index (χ0) is 13.5. The summed E-state index contributed by atoms with van der Waals surface area (Å²) in [6, 6.07) is 13.6. The van der Waals surface area contributed by atoms with Crippen molar-refractivity contribution in [3.05, 3.63) is 54.0 Å². The van der Waals surface area contributed by atoms with Crippen molar-refractivity contribution in [2.45, 2.75) is 19.5 Å². The van der Waals surface area contributed by atoms with Gasteiger partial charge < -0.3 is 14.5 Å². The first-order chi connectivity index (χ1) is 9.29. The maximum atomic E-state index is 8.42. The van der Waals surface area contributed by atoms with E-state index in [2.05, 4.69) is 12.2 Å². The number of hydrogen-bond acceptors (Lipinski definition) is 4. The molecule has 2 aromatic rings. The summed E-state index contributed by atoms with van der Waals surface area (Å²) >= 11 is 0. The molecule has 0 saturated carbocycles. The monoisotopic (exact) mass is 256 g/mol. The van der Waals surface area contributed by atoms with Crippen LogP contribution in [-0.4, -0.2) is 6.61 Å². The lowest BCUT2D eigenvalue weighted by Crippen LogP contribution is -2.17. The molecule has 0 aliphatic rings. The van der Waals surface area contributed by atoms with Gasteiger partial charge in [-0.3, -0.25) is 0 Å². The molecule has 1 atom stereocenters.